The molecule has 1 amide bonds. The summed E-state index contributed by atoms with van der Waals surface area (Å²) in [4.78, 5) is 20.0. The number of nitriles is 1. The average Bonchev–Trinajstić information content (AvgIpc) is 3.36. The Balaban J connectivity index is 1.43. The molecular formula is C21H21F3N4O2. The highest BCUT2D eigenvalue weighted by Gasteiger charge is 2.34. The fourth-order valence-electron chi connectivity index (χ4n) is 4.18. The van der Waals surface area contributed by atoms with Gasteiger partial charge in [-0.3, -0.25) is 14.7 Å². The van der Waals surface area contributed by atoms with Crippen LogP contribution in [0.15, 0.2) is 30.5 Å². The molecule has 9 heteroatoms. The maximum Gasteiger partial charge on any atom is 0.418 e. The maximum atomic E-state index is 13.3. The van der Waals surface area contributed by atoms with Crippen LogP contribution in [0.25, 0.3) is 10.9 Å². The lowest BCUT2D eigenvalue weighted by Gasteiger charge is -2.23. The zero-order valence-electron chi connectivity index (χ0n) is 16.2. The molecule has 2 atom stereocenters. The van der Waals surface area contributed by atoms with Gasteiger partial charge in [-0.1, -0.05) is 6.07 Å². The molecule has 4 rings (SSSR count). The Bertz CT molecular complexity index is 988. The van der Waals surface area contributed by atoms with Crippen molar-refractivity contribution in [1.82, 2.24) is 14.8 Å². The van der Waals surface area contributed by atoms with Crippen molar-refractivity contribution < 1.29 is 22.7 Å². The largest absolute Gasteiger partial charge is 0.488 e. The second kappa shape index (κ2) is 8.11. The van der Waals surface area contributed by atoms with E-state index in [1.54, 1.807) is 17.0 Å². The lowest BCUT2D eigenvalue weighted by molar-refractivity contribution is -0.136. The Labute approximate surface area is 171 Å². The third-order valence-electron chi connectivity index (χ3n) is 5.64. The number of fused-ring (bicyclic) bond motifs is 1. The summed E-state index contributed by atoms with van der Waals surface area (Å²) >= 11 is 0. The normalized spacial score (nSPS) is 22.4. The molecule has 158 valence electrons. The molecule has 2 aliphatic heterocycles. The second-order valence-electron chi connectivity index (χ2n) is 7.65. The van der Waals surface area contributed by atoms with Crippen LogP contribution in [-0.4, -0.2) is 59.0 Å². The molecule has 0 N–H and O–H groups in total. The zero-order chi connectivity index (χ0) is 21.3. The molecule has 0 spiro atoms. The first-order chi connectivity index (χ1) is 14.4. The highest BCUT2D eigenvalue weighted by Crippen LogP contribution is 2.36. The van der Waals surface area contributed by atoms with E-state index in [0.29, 0.717) is 43.6 Å². The van der Waals surface area contributed by atoms with Gasteiger partial charge in [0, 0.05) is 31.2 Å². The van der Waals surface area contributed by atoms with Gasteiger partial charge in [-0.15, -0.1) is 0 Å². The van der Waals surface area contributed by atoms with Crippen LogP contribution in [0.5, 0.6) is 5.75 Å². The number of likely N-dealkylation sites (tertiary alicyclic amines) is 2. The number of carbonyl (C=O) groups is 1. The van der Waals surface area contributed by atoms with Crippen LogP contribution < -0.4 is 4.74 Å². The van der Waals surface area contributed by atoms with Crippen LogP contribution in [0.4, 0.5) is 13.2 Å². The smallest absolute Gasteiger partial charge is 0.418 e. The van der Waals surface area contributed by atoms with E-state index in [1.807, 2.05) is 4.90 Å². The molecule has 3 heterocycles. The van der Waals surface area contributed by atoms with Crippen LogP contribution >= 0.6 is 0 Å². The highest BCUT2D eigenvalue weighted by atomic mass is 19.4. The number of amides is 1. The number of halogens is 3. The molecule has 2 fully saturated rings. The first-order valence-electron chi connectivity index (χ1n) is 9.90. The third kappa shape index (κ3) is 4.05. The maximum absolute atomic E-state index is 13.3. The molecule has 6 nitrogen and oxygen atoms in total. The lowest BCUT2D eigenvalue weighted by Crippen LogP contribution is -2.42. The summed E-state index contributed by atoms with van der Waals surface area (Å²) in [6, 6.07) is 7.31. The molecule has 1 aromatic carbocycles. The van der Waals surface area contributed by atoms with Crippen molar-refractivity contribution in [3.63, 3.8) is 0 Å². The Kier molecular flexibility index (Phi) is 5.52. The van der Waals surface area contributed by atoms with Gasteiger partial charge in [0.1, 0.15) is 17.9 Å². The summed E-state index contributed by atoms with van der Waals surface area (Å²) in [6.45, 7) is 1.97. The molecule has 2 saturated heterocycles. The van der Waals surface area contributed by atoms with Crippen LogP contribution in [0, 0.1) is 11.3 Å². The van der Waals surface area contributed by atoms with Gasteiger partial charge in [0.15, 0.2) is 0 Å². The fourth-order valence-corrected chi connectivity index (χ4v) is 4.18. The number of hydrogen-bond acceptors (Lipinski definition) is 5. The minimum Gasteiger partial charge on any atom is -0.488 e. The summed E-state index contributed by atoms with van der Waals surface area (Å²) < 4.78 is 45.8. The Hall–Kier alpha value is -2.86. The van der Waals surface area contributed by atoms with Crippen LogP contribution in [0.3, 0.4) is 0 Å². The van der Waals surface area contributed by atoms with Crippen molar-refractivity contribution >= 4 is 16.8 Å². The molecule has 30 heavy (non-hydrogen) atoms. The summed E-state index contributed by atoms with van der Waals surface area (Å²) in [5, 5.41) is 9.47. The first-order valence-corrected chi connectivity index (χ1v) is 9.90. The predicted octanol–water partition coefficient (Wildman–Crippen LogP) is 3.22. The number of para-hydroxylation sites is 1. The Morgan fingerprint density at radius 1 is 1.27 bits per heavy atom. The number of benzene rings is 1. The van der Waals surface area contributed by atoms with Crippen molar-refractivity contribution in [2.24, 2.45) is 0 Å². The summed E-state index contributed by atoms with van der Waals surface area (Å²) in [5.74, 6) is 0.289. The molecule has 0 saturated carbocycles. The second-order valence-corrected chi connectivity index (χ2v) is 7.65. The SMILES string of the molecule is N#C[C@@H]1CCCN1C(=O)CN1CC[C@H](Oc2ccnc3c(C(F)(F)F)cccc23)C1. The number of aromatic nitrogens is 1. The third-order valence-corrected chi connectivity index (χ3v) is 5.64. The molecular weight excluding hydrogens is 397 g/mol. The number of ether oxygens (including phenoxy) is 1. The molecule has 0 aliphatic carbocycles. The lowest BCUT2D eigenvalue weighted by atomic mass is 10.1. The number of hydrogen-bond donors (Lipinski definition) is 0. The number of nitrogens with zero attached hydrogens (tertiary/aromatic N) is 4. The summed E-state index contributed by atoms with van der Waals surface area (Å²) in [7, 11) is 0. The van der Waals surface area contributed by atoms with E-state index in [4.69, 9.17) is 10.00 Å². The van der Waals surface area contributed by atoms with Gasteiger partial charge in [-0.05, 0) is 37.5 Å². The predicted molar refractivity (Wildman–Crippen MR) is 103 cm³/mol. The summed E-state index contributed by atoms with van der Waals surface area (Å²) in [5.41, 5.74) is -0.925. The minimum atomic E-state index is -4.49. The molecule has 0 radical (unpaired) electrons. The number of alkyl halides is 3. The standard InChI is InChI=1S/C21H21F3N4O2/c22-21(23,24)17-5-1-4-16-18(6-8-26-20(16)17)30-15-7-10-27(12-15)13-19(29)28-9-2-3-14(28)11-25/h1,4-6,8,14-15H,2-3,7,9-10,12-13H2/t14-,15-/m0/s1. The van der Waals surface area contributed by atoms with Crippen molar-refractivity contribution in [3.05, 3.63) is 36.0 Å². The quantitative estimate of drug-likeness (QED) is 0.763. The van der Waals surface area contributed by atoms with Crippen LogP contribution in [0.1, 0.15) is 24.8 Å². The van der Waals surface area contributed by atoms with E-state index >= 15 is 0 Å². The van der Waals surface area contributed by atoms with Gasteiger partial charge in [-0.2, -0.15) is 18.4 Å². The molecule has 0 unspecified atom stereocenters. The van der Waals surface area contributed by atoms with Crippen molar-refractivity contribution in [1.29, 1.82) is 5.26 Å². The van der Waals surface area contributed by atoms with E-state index in [1.165, 1.54) is 12.3 Å². The average molecular weight is 418 g/mol. The number of rotatable bonds is 4. The van der Waals surface area contributed by atoms with Gasteiger partial charge in [0.05, 0.1) is 23.7 Å². The van der Waals surface area contributed by atoms with Crippen molar-refractivity contribution in [2.75, 3.05) is 26.2 Å². The van der Waals surface area contributed by atoms with E-state index in [-0.39, 0.29) is 30.1 Å². The Morgan fingerprint density at radius 2 is 2.10 bits per heavy atom. The van der Waals surface area contributed by atoms with E-state index < -0.39 is 11.7 Å². The van der Waals surface area contributed by atoms with Crippen LogP contribution in [0.2, 0.25) is 0 Å². The fraction of sp³-hybridized carbons (Fsp3) is 0.476. The minimum absolute atomic E-state index is 0.0659. The summed E-state index contributed by atoms with van der Waals surface area (Å²) in [6.07, 6.45) is -1.19. The van der Waals surface area contributed by atoms with Gasteiger partial charge in [-0.25, -0.2) is 0 Å². The molecule has 2 aliphatic rings. The highest BCUT2D eigenvalue weighted by molar-refractivity contribution is 5.87. The van der Waals surface area contributed by atoms with Gasteiger partial charge in [0.25, 0.3) is 0 Å². The van der Waals surface area contributed by atoms with E-state index in [0.717, 1.165) is 12.5 Å². The van der Waals surface area contributed by atoms with Gasteiger partial charge in [0.2, 0.25) is 5.91 Å². The van der Waals surface area contributed by atoms with Gasteiger partial charge < -0.3 is 9.64 Å². The number of pyridine rings is 1. The monoisotopic (exact) mass is 418 g/mol. The first kappa shape index (κ1) is 20.4. The van der Waals surface area contributed by atoms with Crippen molar-refractivity contribution in [2.45, 2.75) is 37.6 Å². The van der Waals surface area contributed by atoms with E-state index in [9.17, 15) is 18.0 Å². The molecule has 0 bridgehead atoms. The van der Waals surface area contributed by atoms with Gasteiger partial charge >= 0.3 is 6.18 Å². The molecule has 1 aromatic heterocycles. The van der Waals surface area contributed by atoms with E-state index in [2.05, 4.69) is 11.1 Å². The Morgan fingerprint density at radius 3 is 2.87 bits per heavy atom. The molecule has 2 aromatic rings. The zero-order valence-corrected chi connectivity index (χ0v) is 16.2. The van der Waals surface area contributed by atoms with Crippen LogP contribution in [-0.2, 0) is 11.0 Å². The number of carbonyl (C=O) groups excluding carboxylic acids is 1. The topological polar surface area (TPSA) is 69.5 Å². The van der Waals surface area contributed by atoms with Crippen molar-refractivity contribution in [3.8, 4) is 11.8 Å².